The molecule has 4 atom stereocenters. The summed E-state index contributed by atoms with van der Waals surface area (Å²) in [6, 6.07) is 0. The minimum atomic E-state index is -4.34. The average Bonchev–Trinajstić information content (AvgIpc) is 3.18. The lowest BCUT2D eigenvalue weighted by Crippen LogP contribution is -2.34. The van der Waals surface area contributed by atoms with E-state index in [9.17, 15) is 28.5 Å². The van der Waals surface area contributed by atoms with E-state index in [4.69, 9.17) is 13.8 Å². The van der Waals surface area contributed by atoms with E-state index >= 15 is 0 Å². The summed E-state index contributed by atoms with van der Waals surface area (Å²) in [5, 5.41) is 10.1. The third kappa shape index (κ3) is 11.1. The Hall–Kier alpha value is -1.36. The maximum atomic E-state index is 13.5. The zero-order valence-electron chi connectivity index (χ0n) is 20.5. The standard InChI is InChI=1S/C23H40FN2O8P/c1-2-3-4-5-6-7-8-9-10-11-12-13-14-32-35(30,31)33-17-20-19(27)15-21(34-20)26-16-18(24)22(28)25-23(26)29/h16,19-21,27H,2-15,17H2,1H3,(H,30,31)(H,25,28,29). The zero-order chi connectivity index (χ0) is 25.7. The Balaban J connectivity index is 1.57. The summed E-state index contributed by atoms with van der Waals surface area (Å²) < 4.78 is 41.8. The van der Waals surface area contributed by atoms with Gasteiger partial charge in [-0.3, -0.25) is 23.4 Å². The highest BCUT2D eigenvalue weighted by atomic mass is 31.2. The van der Waals surface area contributed by atoms with E-state index in [0.717, 1.165) is 23.8 Å². The summed E-state index contributed by atoms with van der Waals surface area (Å²) in [6.07, 6.45) is 11.4. The van der Waals surface area contributed by atoms with E-state index in [1.54, 1.807) is 0 Å². The van der Waals surface area contributed by atoms with Gasteiger partial charge in [0, 0.05) is 6.42 Å². The molecule has 0 radical (unpaired) electrons. The quantitative estimate of drug-likeness (QED) is 0.193. The summed E-state index contributed by atoms with van der Waals surface area (Å²) in [4.78, 5) is 34.7. The molecule has 0 aromatic carbocycles. The van der Waals surface area contributed by atoms with E-state index < -0.39 is 49.9 Å². The maximum absolute atomic E-state index is 13.5. The first-order valence-corrected chi connectivity index (χ1v) is 14.2. The van der Waals surface area contributed by atoms with Gasteiger partial charge in [-0.2, -0.15) is 4.39 Å². The van der Waals surface area contributed by atoms with E-state index in [2.05, 4.69) is 6.92 Å². The van der Waals surface area contributed by atoms with Crippen LogP contribution in [0.25, 0.3) is 0 Å². The van der Waals surface area contributed by atoms with Crippen LogP contribution in [0.1, 0.15) is 96.6 Å². The number of rotatable bonds is 18. The lowest BCUT2D eigenvalue weighted by atomic mass is 10.1. The molecule has 0 amide bonds. The summed E-state index contributed by atoms with van der Waals surface area (Å²) in [7, 11) is -4.34. The second-order valence-corrected chi connectivity index (χ2v) is 10.5. The molecule has 35 heavy (non-hydrogen) atoms. The van der Waals surface area contributed by atoms with Crippen molar-refractivity contribution in [3.05, 3.63) is 32.9 Å². The zero-order valence-corrected chi connectivity index (χ0v) is 21.4. The molecule has 4 unspecified atom stereocenters. The summed E-state index contributed by atoms with van der Waals surface area (Å²) in [5.41, 5.74) is -2.05. The Morgan fingerprint density at radius 3 is 2.23 bits per heavy atom. The maximum Gasteiger partial charge on any atom is 0.472 e. The highest BCUT2D eigenvalue weighted by Crippen LogP contribution is 2.44. The first-order chi connectivity index (χ1) is 16.7. The summed E-state index contributed by atoms with van der Waals surface area (Å²) >= 11 is 0. The minimum absolute atomic E-state index is 0.0773. The number of aliphatic hydroxyl groups is 1. The number of nitrogens with zero attached hydrogens (tertiary/aromatic N) is 1. The highest BCUT2D eigenvalue weighted by molar-refractivity contribution is 7.47. The Kier molecular flexibility index (Phi) is 13.4. The van der Waals surface area contributed by atoms with Gasteiger partial charge in [-0.25, -0.2) is 9.36 Å². The smallest absolute Gasteiger partial charge is 0.390 e. The van der Waals surface area contributed by atoms with E-state index in [1.807, 2.05) is 4.98 Å². The number of phosphoric acid groups is 1. The molecule has 3 N–H and O–H groups in total. The van der Waals surface area contributed by atoms with Crippen LogP contribution >= 0.6 is 7.82 Å². The van der Waals surface area contributed by atoms with Crippen LogP contribution in [-0.4, -0.2) is 45.0 Å². The number of aliphatic hydroxyl groups excluding tert-OH is 1. The van der Waals surface area contributed by atoms with Crippen molar-refractivity contribution in [3.63, 3.8) is 0 Å². The molecular weight excluding hydrogens is 482 g/mol. The van der Waals surface area contributed by atoms with Crippen LogP contribution in [0.4, 0.5) is 4.39 Å². The molecule has 2 rings (SSSR count). The van der Waals surface area contributed by atoms with Crippen LogP contribution < -0.4 is 11.2 Å². The van der Waals surface area contributed by atoms with Gasteiger partial charge in [0.15, 0.2) is 0 Å². The van der Waals surface area contributed by atoms with Crippen LogP contribution in [0.3, 0.4) is 0 Å². The Bertz CT molecular complexity index is 908. The van der Waals surface area contributed by atoms with Crippen LogP contribution in [0.2, 0.25) is 0 Å². The van der Waals surface area contributed by atoms with Crippen LogP contribution in [0.5, 0.6) is 0 Å². The number of halogens is 1. The Labute approximate surface area is 205 Å². The fourth-order valence-corrected chi connectivity index (χ4v) is 4.81. The first-order valence-electron chi connectivity index (χ1n) is 12.7. The molecule has 0 saturated carbocycles. The Morgan fingerprint density at radius 1 is 1.06 bits per heavy atom. The van der Waals surface area contributed by atoms with Crippen molar-refractivity contribution in [2.24, 2.45) is 0 Å². The molecule has 2 heterocycles. The molecule has 0 spiro atoms. The van der Waals surface area contributed by atoms with Crippen molar-refractivity contribution >= 4 is 7.82 Å². The molecule has 202 valence electrons. The molecule has 1 aromatic heterocycles. The second-order valence-electron chi connectivity index (χ2n) is 9.06. The van der Waals surface area contributed by atoms with Gasteiger partial charge in [0.05, 0.1) is 25.5 Å². The predicted octanol–water partition coefficient (Wildman–Crippen LogP) is 4.16. The van der Waals surface area contributed by atoms with Crippen molar-refractivity contribution in [2.75, 3.05) is 13.2 Å². The molecule has 1 aromatic rings. The van der Waals surface area contributed by atoms with Gasteiger partial charge in [0.25, 0.3) is 5.56 Å². The molecule has 1 fully saturated rings. The van der Waals surface area contributed by atoms with Gasteiger partial charge >= 0.3 is 13.5 Å². The van der Waals surface area contributed by atoms with Gasteiger partial charge in [-0.15, -0.1) is 0 Å². The topological polar surface area (TPSA) is 140 Å². The fourth-order valence-electron chi connectivity index (χ4n) is 4.04. The van der Waals surface area contributed by atoms with Crippen LogP contribution in [0, 0.1) is 5.82 Å². The number of nitrogens with one attached hydrogen (secondary N) is 1. The van der Waals surface area contributed by atoms with Crippen molar-refractivity contribution in [3.8, 4) is 0 Å². The Morgan fingerprint density at radius 2 is 1.63 bits per heavy atom. The largest absolute Gasteiger partial charge is 0.472 e. The minimum Gasteiger partial charge on any atom is -0.390 e. The summed E-state index contributed by atoms with van der Waals surface area (Å²) in [5.74, 6) is -1.17. The molecular formula is C23H40FN2O8P. The lowest BCUT2D eigenvalue weighted by Gasteiger charge is -2.18. The third-order valence-electron chi connectivity index (χ3n) is 6.09. The van der Waals surface area contributed by atoms with Gasteiger partial charge in [0.1, 0.15) is 12.3 Å². The highest BCUT2D eigenvalue weighted by Gasteiger charge is 2.37. The molecule has 0 aliphatic carbocycles. The first kappa shape index (κ1) is 29.9. The molecule has 1 aliphatic heterocycles. The van der Waals surface area contributed by atoms with Crippen molar-refractivity contribution in [2.45, 2.75) is 109 Å². The fraction of sp³-hybridized carbons (Fsp3) is 0.826. The normalized spacial score (nSPS) is 21.9. The number of unbranched alkanes of at least 4 members (excludes halogenated alkanes) is 11. The van der Waals surface area contributed by atoms with Gasteiger partial charge in [0.2, 0.25) is 5.82 Å². The van der Waals surface area contributed by atoms with E-state index in [0.29, 0.717) is 12.6 Å². The third-order valence-corrected chi connectivity index (χ3v) is 7.08. The van der Waals surface area contributed by atoms with Crippen LogP contribution in [0.15, 0.2) is 15.8 Å². The van der Waals surface area contributed by atoms with E-state index in [-0.39, 0.29) is 13.0 Å². The average molecular weight is 523 g/mol. The molecule has 12 heteroatoms. The van der Waals surface area contributed by atoms with Gasteiger partial charge < -0.3 is 14.7 Å². The molecule has 1 aliphatic rings. The molecule has 0 bridgehead atoms. The van der Waals surface area contributed by atoms with Crippen molar-refractivity contribution < 1.29 is 32.7 Å². The molecule has 1 saturated heterocycles. The number of phosphoric ester groups is 1. The predicted molar refractivity (Wildman–Crippen MR) is 129 cm³/mol. The second kappa shape index (κ2) is 15.7. The van der Waals surface area contributed by atoms with Crippen molar-refractivity contribution in [1.82, 2.24) is 9.55 Å². The van der Waals surface area contributed by atoms with Crippen molar-refractivity contribution in [1.29, 1.82) is 0 Å². The number of hydrogen-bond acceptors (Lipinski definition) is 7. The summed E-state index contributed by atoms with van der Waals surface area (Å²) in [6.45, 7) is 1.84. The van der Waals surface area contributed by atoms with Gasteiger partial charge in [-0.1, -0.05) is 77.6 Å². The SMILES string of the molecule is CCCCCCCCCCCCCCOP(=O)(O)OCC1OC(n2cc(F)c(=O)[nH]c2=O)CC1O. The van der Waals surface area contributed by atoms with Crippen LogP contribution in [-0.2, 0) is 18.3 Å². The molecule has 10 nitrogen and oxygen atoms in total. The van der Waals surface area contributed by atoms with E-state index in [1.165, 1.54) is 51.4 Å². The monoisotopic (exact) mass is 522 g/mol. The lowest BCUT2D eigenvalue weighted by molar-refractivity contribution is -0.0468. The number of hydrogen-bond donors (Lipinski definition) is 3. The van der Waals surface area contributed by atoms with Gasteiger partial charge in [-0.05, 0) is 6.42 Å². The number of aromatic amines is 1. The number of H-pyrrole nitrogens is 1. The number of aromatic nitrogens is 2. The number of ether oxygens (including phenoxy) is 1.